The molecule has 0 radical (unpaired) electrons. The SMILES string of the molecule is Nc1cncc(N2CCC(Cn3cccn3)CC2)n1. The molecule has 1 fully saturated rings. The van der Waals surface area contributed by atoms with Gasteiger partial charge in [-0.05, 0) is 24.8 Å². The van der Waals surface area contributed by atoms with E-state index in [2.05, 4.69) is 20.0 Å². The molecule has 0 aliphatic carbocycles. The molecule has 2 aromatic heterocycles. The molecule has 100 valence electrons. The predicted octanol–water partition coefficient (Wildman–Crippen LogP) is 1.17. The van der Waals surface area contributed by atoms with Crippen LogP contribution in [0.4, 0.5) is 11.6 Å². The Balaban J connectivity index is 1.57. The second-order valence-electron chi connectivity index (χ2n) is 4.96. The van der Waals surface area contributed by atoms with Crippen molar-refractivity contribution in [3.63, 3.8) is 0 Å². The summed E-state index contributed by atoms with van der Waals surface area (Å²) in [7, 11) is 0. The van der Waals surface area contributed by atoms with Crippen molar-refractivity contribution in [2.24, 2.45) is 5.92 Å². The lowest BCUT2D eigenvalue weighted by molar-refractivity contribution is 0.341. The highest BCUT2D eigenvalue weighted by atomic mass is 15.3. The van der Waals surface area contributed by atoms with Crippen LogP contribution in [0, 0.1) is 5.92 Å². The lowest BCUT2D eigenvalue weighted by Gasteiger charge is -2.32. The summed E-state index contributed by atoms with van der Waals surface area (Å²) in [5.41, 5.74) is 5.67. The minimum absolute atomic E-state index is 0.483. The molecular formula is C13H18N6. The summed E-state index contributed by atoms with van der Waals surface area (Å²) >= 11 is 0. The molecule has 3 heterocycles. The molecule has 2 aromatic rings. The van der Waals surface area contributed by atoms with E-state index < -0.39 is 0 Å². The van der Waals surface area contributed by atoms with Crippen molar-refractivity contribution in [1.29, 1.82) is 0 Å². The van der Waals surface area contributed by atoms with Gasteiger partial charge in [-0.25, -0.2) is 4.98 Å². The van der Waals surface area contributed by atoms with Crippen LogP contribution in [-0.4, -0.2) is 32.8 Å². The van der Waals surface area contributed by atoms with Crippen molar-refractivity contribution in [2.45, 2.75) is 19.4 Å². The Morgan fingerprint density at radius 3 is 2.79 bits per heavy atom. The molecule has 0 amide bonds. The van der Waals surface area contributed by atoms with Crippen molar-refractivity contribution in [1.82, 2.24) is 19.7 Å². The van der Waals surface area contributed by atoms with Crippen LogP contribution >= 0.6 is 0 Å². The maximum Gasteiger partial charge on any atom is 0.149 e. The highest BCUT2D eigenvalue weighted by molar-refractivity contribution is 5.41. The minimum Gasteiger partial charge on any atom is -0.382 e. The molecule has 6 nitrogen and oxygen atoms in total. The first kappa shape index (κ1) is 12.0. The lowest BCUT2D eigenvalue weighted by Crippen LogP contribution is -2.35. The van der Waals surface area contributed by atoms with Gasteiger partial charge in [-0.15, -0.1) is 0 Å². The van der Waals surface area contributed by atoms with E-state index in [-0.39, 0.29) is 0 Å². The van der Waals surface area contributed by atoms with Crippen LogP contribution in [0.25, 0.3) is 0 Å². The van der Waals surface area contributed by atoms with Gasteiger partial charge in [0.15, 0.2) is 0 Å². The molecule has 1 aliphatic heterocycles. The maximum absolute atomic E-state index is 5.67. The zero-order valence-corrected chi connectivity index (χ0v) is 10.8. The Morgan fingerprint density at radius 2 is 2.11 bits per heavy atom. The summed E-state index contributed by atoms with van der Waals surface area (Å²) in [6.07, 6.45) is 9.51. The van der Waals surface area contributed by atoms with Gasteiger partial charge in [-0.1, -0.05) is 0 Å². The summed E-state index contributed by atoms with van der Waals surface area (Å²) in [5.74, 6) is 2.05. The Hall–Kier alpha value is -2.11. The molecule has 0 unspecified atom stereocenters. The fraction of sp³-hybridized carbons (Fsp3) is 0.462. The molecule has 0 bridgehead atoms. The molecule has 6 heteroatoms. The Kier molecular flexibility index (Phi) is 3.31. The molecular weight excluding hydrogens is 240 g/mol. The Bertz CT molecular complexity index is 516. The molecule has 1 aliphatic rings. The van der Waals surface area contributed by atoms with Crippen molar-refractivity contribution >= 4 is 11.6 Å². The van der Waals surface area contributed by atoms with Crippen LogP contribution in [0.3, 0.4) is 0 Å². The van der Waals surface area contributed by atoms with Crippen LogP contribution in [0.15, 0.2) is 30.9 Å². The van der Waals surface area contributed by atoms with E-state index in [1.807, 2.05) is 23.1 Å². The van der Waals surface area contributed by atoms with Gasteiger partial charge < -0.3 is 10.6 Å². The van der Waals surface area contributed by atoms with Crippen LogP contribution in [0.1, 0.15) is 12.8 Å². The highest BCUT2D eigenvalue weighted by Gasteiger charge is 2.20. The van der Waals surface area contributed by atoms with Gasteiger partial charge >= 0.3 is 0 Å². The first-order valence-electron chi connectivity index (χ1n) is 6.61. The minimum atomic E-state index is 0.483. The molecule has 3 rings (SSSR count). The highest BCUT2D eigenvalue weighted by Crippen LogP contribution is 2.22. The number of nitrogens with two attached hydrogens (primary N) is 1. The van der Waals surface area contributed by atoms with Crippen molar-refractivity contribution < 1.29 is 0 Å². The third kappa shape index (κ3) is 2.83. The zero-order valence-electron chi connectivity index (χ0n) is 10.8. The van der Waals surface area contributed by atoms with Crippen molar-refractivity contribution in [3.8, 4) is 0 Å². The van der Waals surface area contributed by atoms with E-state index in [4.69, 9.17) is 5.73 Å². The van der Waals surface area contributed by atoms with Crippen molar-refractivity contribution in [2.75, 3.05) is 23.7 Å². The number of nitrogen functional groups attached to an aromatic ring is 1. The Labute approximate surface area is 112 Å². The van der Waals surface area contributed by atoms with Gasteiger partial charge in [0, 0.05) is 32.0 Å². The summed E-state index contributed by atoms with van der Waals surface area (Å²) in [5, 5.41) is 4.26. The van der Waals surface area contributed by atoms with Gasteiger partial charge in [-0.3, -0.25) is 9.67 Å². The fourth-order valence-corrected chi connectivity index (χ4v) is 2.54. The number of anilines is 2. The summed E-state index contributed by atoms with van der Waals surface area (Å²) in [6, 6.07) is 1.97. The summed E-state index contributed by atoms with van der Waals surface area (Å²) < 4.78 is 2.01. The molecule has 2 N–H and O–H groups in total. The zero-order chi connectivity index (χ0) is 13.1. The summed E-state index contributed by atoms with van der Waals surface area (Å²) in [4.78, 5) is 10.7. The Morgan fingerprint density at radius 1 is 1.26 bits per heavy atom. The average Bonchev–Trinajstić information content (AvgIpc) is 2.92. The van der Waals surface area contributed by atoms with Crippen LogP contribution in [0.2, 0.25) is 0 Å². The van der Waals surface area contributed by atoms with E-state index in [1.165, 1.54) is 0 Å². The number of hydrogen-bond donors (Lipinski definition) is 1. The fourth-order valence-electron chi connectivity index (χ4n) is 2.54. The first-order chi connectivity index (χ1) is 9.31. The number of aromatic nitrogens is 4. The smallest absolute Gasteiger partial charge is 0.149 e. The largest absolute Gasteiger partial charge is 0.382 e. The van der Waals surface area contributed by atoms with Gasteiger partial charge in [-0.2, -0.15) is 5.10 Å². The third-order valence-corrected chi connectivity index (χ3v) is 3.58. The molecule has 0 atom stereocenters. The molecule has 0 spiro atoms. The predicted molar refractivity (Wildman–Crippen MR) is 73.6 cm³/mol. The van der Waals surface area contributed by atoms with Crippen LogP contribution in [0.5, 0.6) is 0 Å². The van der Waals surface area contributed by atoms with E-state index in [0.29, 0.717) is 11.7 Å². The number of nitrogens with zero attached hydrogens (tertiary/aromatic N) is 5. The van der Waals surface area contributed by atoms with Gasteiger partial charge in [0.1, 0.15) is 11.6 Å². The molecule has 0 aromatic carbocycles. The van der Waals surface area contributed by atoms with Crippen LogP contribution < -0.4 is 10.6 Å². The van der Waals surface area contributed by atoms with Gasteiger partial charge in [0.2, 0.25) is 0 Å². The normalized spacial score (nSPS) is 16.7. The lowest BCUT2D eigenvalue weighted by atomic mass is 9.97. The van der Waals surface area contributed by atoms with Crippen LogP contribution in [-0.2, 0) is 6.54 Å². The quantitative estimate of drug-likeness (QED) is 0.894. The summed E-state index contributed by atoms with van der Waals surface area (Å²) in [6.45, 7) is 3.01. The van der Waals surface area contributed by atoms with E-state index in [0.717, 1.165) is 38.3 Å². The average molecular weight is 258 g/mol. The van der Waals surface area contributed by atoms with Gasteiger partial charge in [0.05, 0.1) is 12.4 Å². The number of rotatable bonds is 3. The number of piperidine rings is 1. The van der Waals surface area contributed by atoms with E-state index in [9.17, 15) is 0 Å². The molecule has 19 heavy (non-hydrogen) atoms. The van der Waals surface area contributed by atoms with Crippen molar-refractivity contribution in [3.05, 3.63) is 30.9 Å². The van der Waals surface area contributed by atoms with E-state index in [1.54, 1.807) is 12.4 Å². The van der Waals surface area contributed by atoms with E-state index >= 15 is 0 Å². The molecule has 0 saturated carbocycles. The second kappa shape index (κ2) is 5.26. The third-order valence-electron chi connectivity index (χ3n) is 3.58. The molecule has 1 saturated heterocycles. The number of hydrogen-bond acceptors (Lipinski definition) is 5. The van der Waals surface area contributed by atoms with Gasteiger partial charge in [0.25, 0.3) is 0 Å². The second-order valence-corrected chi connectivity index (χ2v) is 4.96. The first-order valence-corrected chi connectivity index (χ1v) is 6.61. The standard InChI is InChI=1S/C13H18N6/c14-12-8-15-9-13(17-12)18-6-2-11(3-7-18)10-19-5-1-4-16-19/h1,4-5,8-9,11H,2-3,6-7,10H2,(H2,14,17). The topological polar surface area (TPSA) is 72.9 Å². The maximum atomic E-state index is 5.67. The monoisotopic (exact) mass is 258 g/mol.